The average molecular weight is 404 g/mol. The molecule has 2 N–H and O–H groups in total. The molecule has 3 aromatic carbocycles. The van der Waals surface area contributed by atoms with Crippen molar-refractivity contribution in [3.05, 3.63) is 95.8 Å². The molecule has 3 aromatic rings. The fourth-order valence-electron chi connectivity index (χ4n) is 4.19. The first-order valence-electron chi connectivity index (χ1n) is 10.1. The van der Waals surface area contributed by atoms with Crippen LogP contribution in [0.3, 0.4) is 0 Å². The van der Waals surface area contributed by atoms with Gasteiger partial charge in [0.05, 0.1) is 6.61 Å². The molecule has 3 atom stereocenters. The van der Waals surface area contributed by atoms with Crippen molar-refractivity contribution < 1.29 is 14.3 Å². The number of benzene rings is 3. The summed E-state index contributed by atoms with van der Waals surface area (Å²) >= 11 is 0. The van der Waals surface area contributed by atoms with E-state index >= 15 is 0 Å². The van der Waals surface area contributed by atoms with Crippen molar-refractivity contribution in [1.29, 1.82) is 0 Å². The monoisotopic (exact) mass is 404 g/mol. The van der Waals surface area contributed by atoms with Gasteiger partial charge >= 0.3 is 0 Å². The Balaban J connectivity index is 1.47. The van der Waals surface area contributed by atoms with E-state index in [0.717, 1.165) is 16.7 Å². The van der Waals surface area contributed by atoms with E-state index in [2.05, 4.69) is 41.7 Å². The van der Waals surface area contributed by atoms with Crippen LogP contribution < -0.4 is 5.32 Å². The van der Waals surface area contributed by atoms with Gasteiger partial charge in [-0.3, -0.25) is 4.79 Å². The number of rotatable bonds is 6. The van der Waals surface area contributed by atoms with Gasteiger partial charge in [-0.1, -0.05) is 60.7 Å². The Kier molecular flexibility index (Phi) is 5.93. The molecule has 154 valence electrons. The maximum Gasteiger partial charge on any atom is 0.253 e. The predicted molar refractivity (Wildman–Crippen MR) is 116 cm³/mol. The maximum absolute atomic E-state index is 13.5. The summed E-state index contributed by atoms with van der Waals surface area (Å²) < 4.78 is 13.5. The van der Waals surface area contributed by atoms with Crippen LogP contribution in [0.5, 0.6) is 0 Å². The molecule has 0 radical (unpaired) electrons. The summed E-state index contributed by atoms with van der Waals surface area (Å²) in [6.07, 6.45) is 0. The highest BCUT2D eigenvalue weighted by Crippen LogP contribution is 2.34. The van der Waals surface area contributed by atoms with Crippen molar-refractivity contribution in [2.45, 2.75) is 18.0 Å². The van der Waals surface area contributed by atoms with Crippen molar-refractivity contribution >= 4 is 5.91 Å². The first-order chi connectivity index (χ1) is 14.6. The fraction of sp³-hybridized carbons (Fsp3) is 0.240. The minimum absolute atomic E-state index is 0.0206. The molecule has 0 unspecified atom stereocenters. The van der Waals surface area contributed by atoms with E-state index in [1.54, 1.807) is 18.0 Å². The van der Waals surface area contributed by atoms with Gasteiger partial charge in [0.25, 0.3) is 5.91 Å². The van der Waals surface area contributed by atoms with Gasteiger partial charge in [0.15, 0.2) is 0 Å². The van der Waals surface area contributed by atoms with Crippen LogP contribution in [0.4, 0.5) is 4.39 Å². The van der Waals surface area contributed by atoms with Crippen LogP contribution in [0.1, 0.15) is 21.8 Å². The van der Waals surface area contributed by atoms with E-state index in [1.165, 1.54) is 18.2 Å². The Morgan fingerprint density at radius 2 is 1.67 bits per heavy atom. The van der Waals surface area contributed by atoms with E-state index in [4.69, 9.17) is 0 Å². The van der Waals surface area contributed by atoms with Crippen LogP contribution in [0.25, 0.3) is 11.1 Å². The standard InChI is InChI=1S/C25H25FN2O2/c1-28(25(30)20-8-5-9-21(26)14-20)15-22-24(23(16-29)27-22)19-12-10-18(11-13-19)17-6-3-2-4-7-17/h2-14,22-24,27,29H,15-16H2,1H3/t22-,23-,24+/m1/s1. The third-order valence-corrected chi connectivity index (χ3v) is 5.78. The average Bonchev–Trinajstić information content (AvgIpc) is 2.76. The van der Waals surface area contributed by atoms with Gasteiger partial charge in [-0.2, -0.15) is 0 Å². The Bertz CT molecular complexity index is 1010. The summed E-state index contributed by atoms with van der Waals surface area (Å²) in [4.78, 5) is 14.3. The molecule has 1 aliphatic rings. The normalized spacial score (nSPS) is 20.4. The van der Waals surface area contributed by atoms with Gasteiger partial charge < -0.3 is 15.3 Å². The lowest BCUT2D eigenvalue weighted by Gasteiger charge is -2.47. The summed E-state index contributed by atoms with van der Waals surface area (Å²) in [6, 6.07) is 24.3. The Labute approximate surface area is 176 Å². The van der Waals surface area contributed by atoms with Crippen molar-refractivity contribution in [3.63, 3.8) is 0 Å². The SMILES string of the molecule is CN(C[C@H]1N[C@H](CO)[C@H]1c1ccc(-c2ccccc2)cc1)C(=O)c1cccc(F)c1. The second-order valence-corrected chi connectivity index (χ2v) is 7.77. The molecule has 1 fully saturated rings. The Hall–Kier alpha value is -3.02. The van der Waals surface area contributed by atoms with Gasteiger partial charge in [-0.15, -0.1) is 0 Å². The number of carbonyl (C=O) groups excluding carboxylic acids is 1. The number of carbonyl (C=O) groups is 1. The number of likely N-dealkylation sites (N-methyl/N-ethyl adjacent to an activating group) is 1. The molecule has 0 saturated carbocycles. The molecule has 0 aromatic heterocycles. The molecular formula is C25H25FN2O2. The fourth-order valence-corrected chi connectivity index (χ4v) is 4.19. The minimum atomic E-state index is -0.423. The van der Waals surface area contributed by atoms with Crippen LogP contribution in [0.15, 0.2) is 78.9 Å². The highest BCUT2D eigenvalue weighted by Gasteiger charge is 2.41. The molecule has 1 amide bonds. The van der Waals surface area contributed by atoms with Gasteiger partial charge in [0, 0.05) is 37.2 Å². The number of nitrogens with one attached hydrogen (secondary N) is 1. The second kappa shape index (κ2) is 8.78. The van der Waals surface area contributed by atoms with Crippen molar-refractivity contribution in [2.75, 3.05) is 20.2 Å². The zero-order chi connectivity index (χ0) is 21.1. The maximum atomic E-state index is 13.5. The molecule has 1 heterocycles. The summed E-state index contributed by atoms with van der Waals surface area (Å²) in [5.41, 5.74) is 3.76. The van der Waals surface area contributed by atoms with Crippen molar-refractivity contribution in [2.24, 2.45) is 0 Å². The van der Waals surface area contributed by atoms with Gasteiger partial charge in [0.2, 0.25) is 0 Å². The number of halogens is 1. The van der Waals surface area contributed by atoms with E-state index in [0.29, 0.717) is 12.1 Å². The quantitative estimate of drug-likeness (QED) is 0.659. The van der Waals surface area contributed by atoms with Crippen molar-refractivity contribution in [3.8, 4) is 11.1 Å². The molecule has 4 rings (SSSR count). The van der Waals surface area contributed by atoms with Crippen molar-refractivity contribution in [1.82, 2.24) is 10.2 Å². The molecule has 5 heteroatoms. The lowest BCUT2D eigenvalue weighted by Crippen LogP contribution is -2.64. The first-order valence-corrected chi connectivity index (χ1v) is 10.1. The number of aliphatic hydroxyl groups excluding tert-OH is 1. The van der Waals surface area contributed by atoms with Gasteiger partial charge in [-0.25, -0.2) is 4.39 Å². The van der Waals surface area contributed by atoms with Crippen LogP contribution in [0, 0.1) is 5.82 Å². The Morgan fingerprint density at radius 3 is 2.33 bits per heavy atom. The summed E-state index contributed by atoms with van der Waals surface area (Å²) in [5.74, 6) is -0.544. The highest BCUT2D eigenvalue weighted by molar-refractivity contribution is 5.94. The minimum Gasteiger partial charge on any atom is -0.395 e. The molecule has 0 aliphatic carbocycles. The number of nitrogens with zero attached hydrogens (tertiary/aromatic N) is 1. The third kappa shape index (κ3) is 4.13. The number of amides is 1. The second-order valence-electron chi connectivity index (χ2n) is 7.77. The third-order valence-electron chi connectivity index (χ3n) is 5.78. The summed E-state index contributed by atoms with van der Waals surface area (Å²) in [6.45, 7) is 0.500. The first kappa shape index (κ1) is 20.3. The van der Waals surface area contributed by atoms with Crippen LogP contribution in [-0.4, -0.2) is 48.2 Å². The molecule has 4 nitrogen and oxygen atoms in total. The topological polar surface area (TPSA) is 52.6 Å². The van der Waals surface area contributed by atoms with Crippen LogP contribution in [0.2, 0.25) is 0 Å². The molecule has 30 heavy (non-hydrogen) atoms. The van der Waals surface area contributed by atoms with Gasteiger partial charge in [-0.05, 0) is 34.9 Å². The summed E-state index contributed by atoms with van der Waals surface area (Å²) in [7, 11) is 1.72. The lowest BCUT2D eigenvalue weighted by atomic mass is 9.77. The molecule has 1 aliphatic heterocycles. The van der Waals surface area contributed by atoms with E-state index in [1.807, 2.05) is 18.2 Å². The summed E-state index contributed by atoms with van der Waals surface area (Å²) in [5, 5.41) is 13.1. The van der Waals surface area contributed by atoms with E-state index < -0.39 is 5.82 Å². The molecular weight excluding hydrogens is 379 g/mol. The predicted octanol–water partition coefficient (Wildman–Crippen LogP) is 3.68. The molecule has 0 spiro atoms. The molecule has 0 bridgehead atoms. The highest BCUT2D eigenvalue weighted by atomic mass is 19.1. The van der Waals surface area contributed by atoms with E-state index in [9.17, 15) is 14.3 Å². The smallest absolute Gasteiger partial charge is 0.253 e. The Morgan fingerprint density at radius 1 is 0.967 bits per heavy atom. The lowest BCUT2D eigenvalue weighted by molar-refractivity contribution is 0.0683. The zero-order valence-corrected chi connectivity index (χ0v) is 16.8. The number of aliphatic hydroxyl groups is 1. The van der Waals surface area contributed by atoms with Gasteiger partial charge in [0.1, 0.15) is 5.82 Å². The molecule has 1 saturated heterocycles. The largest absolute Gasteiger partial charge is 0.395 e. The number of hydrogen-bond acceptors (Lipinski definition) is 3. The van der Waals surface area contributed by atoms with Crippen LogP contribution >= 0.6 is 0 Å². The van der Waals surface area contributed by atoms with E-state index in [-0.39, 0.29) is 30.5 Å². The zero-order valence-electron chi connectivity index (χ0n) is 16.8. The number of hydrogen-bond donors (Lipinski definition) is 2. The van der Waals surface area contributed by atoms with Crippen LogP contribution in [-0.2, 0) is 0 Å².